The molecule has 4 heteroatoms. The van der Waals surface area contributed by atoms with E-state index in [0.29, 0.717) is 10.6 Å². The van der Waals surface area contributed by atoms with E-state index < -0.39 is 5.54 Å². The predicted molar refractivity (Wildman–Crippen MR) is 85.9 cm³/mol. The maximum atomic E-state index is 12.5. The van der Waals surface area contributed by atoms with Gasteiger partial charge < -0.3 is 11.1 Å². The third kappa shape index (κ3) is 3.18. The van der Waals surface area contributed by atoms with Crippen LogP contribution in [0.4, 0.5) is 0 Å². The van der Waals surface area contributed by atoms with Crippen molar-refractivity contribution in [2.24, 2.45) is 5.73 Å². The third-order valence-corrected chi connectivity index (χ3v) is 4.56. The molecule has 0 heterocycles. The Morgan fingerprint density at radius 3 is 2.35 bits per heavy atom. The first-order valence-electron chi connectivity index (χ1n) is 7.23. The monoisotopic (exact) mass is 290 g/mol. The van der Waals surface area contributed by atoms with Crippen LogP contribution in [0.2, 0.25) is 0 Å². The van der Waals surface area contributed by atoms with Crippen molar-refractivity contribution in [2.75, 3.05) is 0 Å². The van der Waals surface area contributed by atoms with Gasteiger partial charge in [-0.25, -0.2) is 0 Å². The van der Waals surface area contributed by atoms with E-state index in [1.807, 2.05) is 31.2 Å². The first-order valence-corrected chi connectivity index (χ1v) is 7.64. The Kier molecular flexibility index (Phi) is 4.76. The minimum absolute atomic E-state index is 0.0715. The van der Waals surface area contributed by atoms with Crippen LogP contribution in [0.3, 0.4) is 0 Å². The fourth-order valence-electron chi connectivity index (χ4n) is 2.88. The highest BCUT2D eigenvalue weighted by molar-refractivity contribution is 7.80. The van der Waals surface area contributed by atoms with Crippen molar-refractivity contribution in [2.45, 2.75) is 51.0 Å². The Balaban J connectivity index is 2.22. The minimum atomic E-state index is -0.509. The zero-order valence-corrected chi connectivity index (χ0v) is 12.8. The molecule has 1 aromatic carbocycles. The molecule has 108 valence electrons. The second kappa shape index (κ2) is 6.35. The number of hydrogen-bond acceptors (Lipinski definition) is 2. The number of nitrogens with two attached hydrogens (primary N) is 1. The quantitative estimate of drug-likeness (QED) is 0.664. The van der Waals surface area contributed by atoms with Crippen molar-refractivity contribution in [1.82, 2.24) is 5.32 Å². The molecule has 3 N–H and O–H groups in total. The van der Waals surface area contributed by atoms with Crippen molar-refractivity contribution in [3.8, 4) is 0 Å². The van der Waals surface area contributed by atoms with E-state index in [2.05, 4.69) is 5.32 Å². The van der Waals surface area contributed by atoms with Crippen LogP contribution in [0.15, 0.2) is 24.3 Å². The molecule has 3 nitrogen and oxygen atoms in total. The SMILES string of the molecule is Cc1ccccc1C(=O)NC1(C(N)=S)CCCCCC1. The average molecular weight is 290 g/mol. The molecule has 0 radical (unpaired) electrons. The molecule has 0 atom stereocenters. The molecule has 0 spiro atoms. The van der Waals surface area contributed by atoms with Crippen molar-refractivity contribution >= 4 is 23.1 Å². The fraction of sp³-hybridized carbons (Fsp3) is 0.500. The van der Waals surface area contributed by atoms with Crippen LogP contribution in [-0.2, 0) is 0 Å². The molecule has 0 bridgehead atoms. The Morgan fingerprint density at radius 1 is 1.20 bits per heavy atom. The minimum Gasteiger partial charge on any atom is -0.391 e. The molecular formula is C16H22N2OS. The van der Waals surface area contributed by atoms with E-state index in [1.54, 1.807) is 0 Å². The summed E-state index contributed by atoms with van der Waals surface area (Å²) in [4.78, 5) is 12.9. The van der Waals surface area contributed by atoms with Gasteiger partial charge in [0.25, 0.3) is 5.91 Å². The largest absolute Gasteiger partial charge is 0.391 e. The summed E-state index contributed by atoms with van der Waals surface area (Å²) in [7, 11) is 0. The number of nitrogens with one attached hydrogen (secondary N) is 1. The van der Waals surface area contributed by atoms with Crippen LogP contribution < -0.4 is 11.1 Å². The van der Waals surface area contributed by atoms with E-state index in [4.69, 9.17) is 18.0 Å². The summed E-state index contributed by atoms with van der Waals surface area (Å²) in [5.74, 6) is -0.0715. The van der Waals surface area contributed by atoms with Gasteiger partial charge in [0.05, 0.1) is 10.5 Å². The van der Waals surface area contributed by atoms with Crippen LogP contribution in [0.5, 0.6) is 0 Å². The molecular weight excluding hydrogens is 268 g/mol. The molecule has 2 rings (SSSR count). The average Bonchev–Trinajstić information content (AvgIpc) is 2.65. The molecule has 1 aliphatic carbocycles. The number of benzene rings is 1. The van der Waals surface area contributed by atoms with Crippen LogP contribution in [0, 0.1) is 6.92 Å². The molecule has 1 fully saturated rings. The van der Waals surface area contributed by atoms with E-state index in [-0.39, 0.29) is 5.91 Å². The highest BCUT2D eigenvalue weighted by atomic mass is 32.1. The summed E-state index contributed by atoms with van der Waals surface area (Å²) in [6, 6.07) is 7.59. The number of aryl methyl sites for hydroxylation is 1. The molecule has 0 saturated heterocycles. The lowest BCUT2D eigenvalue weighted by Crippen LogP contribution is -2.56. The first kappa shape index (κ1) is 15.0. The van der Waals surface area contributed by atoms with Gasteiger partial charge >= 0.3 is 0 Å². The van der Waals surface area contributed by atoms with Gasteiger partial charge in [-0.05, 0) is 31.4 Å². The second-order valence-electron chi connectivity index (χ2n) is 5.63. The van der Waals surface area contributed by atoms with Crippen molar-refractivity contribution in [3.05, 3.63) is 35.4 Å². The number of thiocarbonyl (C=S) groups is 1. The standard InChI is InChI=1S/C16H22N2OS/c1-12-8-4-5-9-13(12)14(19)18-16(15(17)20)10-6-2-3-7-11-16/h4-5,8-9H,2-3,6-7,10-11H2,1H3,(H2,17,20)(H,18,19). The molecule has 0 aliphatic heterocycles. The number of carbonyl (C=O) groups excluding carboxylic acids is 1. The zero-order valence-electron chi connectivity index (χ0n) is 11.9. The lowest BCUT2D eigenvalue weighted by atomic mass is 9.89. The molecule has 0 unspecified atom stereocenters. The van der Waals surface area contributed by atoms with Crippen molar-refractivity contribution < 1.29 is 4.79 Å². The Hall–Kier alpha value is -1.42. The van der Waals surface area contributed by atoms with E-state index in [1.165, 1.54) is 12.8 Å². The lowest BCUT2D eigenvalue weighted by Gasteiger charge is -2.33. The van der Waals surface area contributed by atoms with Gasteiger partial charge in [-0.2, -0.15) is 0 Å². The van der Waals surface area contributed by atoms with Crippen molar-refractivity contribution in [3.63, 3.8) is 0 Å². The van der Waals surface area contributed by atoms with Crippen molar-refractivity contribution in [1.29, 1.82) is 0 Å². The van der Waals surface area contributed by atoms with Crippen LogP contribution in [0.1, 0.15) is 54.4 Å². The Labute approximate surface area is 125 Å². The predicted octanol–water partition coefficient (Wildman–Crippen LogP) is 3.10. The normalized spacial score (nSPS) is 18.1. The highest BCUT2D eigenvalue weighted by Gasteiger charge is 2.35. The Morgan fingerprint density at radius 2 is 1.80 bits per heavy atom. The smallest absolute Gasteiger partial charge is 0.252 e. The Bertz CT molecular complexity index is 505. The highest BCUT2D eigenvalue weighted by Crippen LogP contribution is 2.28. The van der Waals surface area contributed by atoms with E-state index >= 15 is 0 Å². The van der Waals surface area contributed by atoms with Crippen LogP contribution in [0.25, 0.3) is 0 Å². The first-order chi connectivity index (χ1) is 9.55. The number of amides is 1. The summed E-state index contributed by atoms with van der Waals surface area (Å²) >= 11 is 5.25. The van der Waals surface area contributed by atoms with Gasteiger partial charge in [0, 0.05) is 5.56 Å². The number of rotatable bonds is 3. The summed E-state index contributed by atoms with van der Waals surface area (Å²) in [6.45, 7) is 1.94. The second-order valence-corrected chi connectivity index (χ2v) is 6.07. The molecule has 0 aromatic heterocycles. The lowest BCUT2D eigenvalue weighted by molar-refractivity contribution is 0.0917. The van der Waals surface area contributed by atoms with Gasteiger partial charge in [0.15, 0.2) is 0 Å². The van der Waals surface area contributed by atoms with Gasteiger partial charge in [0.1, 0.15) is 0 Å². The van der Waals surface area contributed by atoms with Crippen LogP contribution in [-0.4, -0.2) is 16.4 Å². The van der Waals surface area contributed by atoms with E-state index in [9.17, 15) is 4.79 Å². The maximum Gasteiger partial charge on any atom is 0.252 e. The van der Waals surface area contributed by atoms with E-state index in [0.717, 1.165) is 31.2 Å². The number of carbonyl (C=O) groups is 1. The maximum absolute atomic E-state index is 12.5. The fourth-order valence-corrected chi connectivity index (χ4v) is 3.13. The third-order valence-electron chi connectivity index (χ3n) is 4.17. The van der Waals surface area contributed by atoms with Gasteiger partial charge in [-0.1, -0.05) is 56.1 Å². The van der Waals surface area contributed by atoms with Gasteiger partial charge in [-0.15, -0.1) is 0 Å². The topological polar surface area (TPSA) is 55.1 Å². The summed E-state index contributed by atoms with van der Waals surface area (Å²) in [5, 5.41) is 3.12. The molecule has 1 amide bonds. The molecule has 1 aromatic rings. The zero-order chi connectivity index (χ0) is 14.6. The number of hydrogen-bond donors (Lipinski definition) is 2. The van der Waals surface area contributed by atoms with Gasteiger partial charge in [0.2, 0.25) is 0 Å². The summed E-state index contributed by atoms with van der Waals surface area (Å²) in [6.07, 6.45) is 6.19. The van der Waals surface area contributed by atoms with Crippen LogP contribution >= 0.6 is 12.2 Å². The summed E-state index contributed by atoms with van der Waals surface area (Å²) in [5.41, 5.74) is 7.11. The van der Waals surface area contributed by atoms with Gasteiger partial charge in [-0.3, -0.25) is 4.79 Å². The molecule has 1 saturated carbocycles. The summed E-state index contributed by atoms with van der Waals surface area (Å²) < 4.78 is 0. The molecule has 20 heavy (non-hydrogen) atoms. The molecule has 1 aliphatic rings.